The summed E-state index contributed by atoms with van der Waals surface area (Å²) in [6.45, 7) is 2.82. The lowest BCUT2D eigenvalue weighted by atomic mass is 10.0. The SMILES string of the molecule is COc1cc2oc3c(c2cc1OC)CCN(Cc1ccccc1)C3. The first-order chi connectivity index (χ1) is 11.8. The highest BCUT2D eigenvalue weighted by Crippen LogP contribution is 2.38. The fourth-order valence-electron chi connectivity index (χ4n) is 3.46. The normalized spacial score (nSPS) is 14.6. The summed E-state index contributed by atoms with van der Waals surface area (Å²) in [5.41, 5.74) is 3.51. The van der Waals surface area contributed by atoms with Gasteiger partial charge in [0, 0.05) is 30.1 Å². The van der Waals surface area contributed by atoms with Gasteiger partial charge in [0.05, 0.1) is 20.8 Å². The van der Waals surface area contributed by atoms with Gasteiger partial charge in [-0.2, -0.15) is 0 Å². The minimum Gasteiger partial charge on any atom is -0.493 e. The van der Waals surface area contributed by atoms with E-state index in [1.54, 1.807) is 14.2 Å². The average molecular weight is 323 g/mol. The second kappa shape index (κ2) is 6.21. The predicted octanol–water partition coefficient (Wildman–Crippen LogP) is 4.01. The van der Waals surface area contributed by atoms with E-state index in [2.05, 4.69) is 35.2 Å². The van der Waals surface area contributed by atoms with Crippen molar-refractivity contribution in [2.75, 3.05) is 20.8 Å². The Hall–Kier alpha value is -2.46. The Morgan fingerprint density at radius 1 is 1.04 bits per heavy atom. The van der Waals surface area contributed by atoms with Crippen molar-refractivity contribution in [3.8, 4) is 11.5 Å². The zero-order chi connectivity index (χ0) is 16.5. The van der Waals surface area contributed by atoms with E-state index in [1.807, 2.05) is 12.1 Å². The zero-order valence-electron chi connectivity index (χ0n) is 14.0. The van der Waals surface area contributed by atoms with Crippen LogP contribution >= 0.6 is 0 Å². The predicted molar refractivity (Wildman–Crippen MR) is 93.6 cm³/mol. The van der Waals surface area contributed by atoms with E-state index in [0.29, 0.717) is 5.75 Å². The maximum absolute atomic E-state index is 6.12. The molecule has 0 bridgehead atoms. The summed E-state index contributed by atoms with van der Waals surface area (Å²) in [7, 11) is 3.31. The summed E-state index contributed by atoms with van der Waals surface area (Å²) < 4.78 is 16.9. The highest BCUT2D eigenvalue weighted by atomic mass is 16.5. The molecule has 3 aromatic rings. The molecule has 124 valence electrons. The van der Waals surface area contributed by atoms with Gasteiger partial charge in [-0.25, -0.2) is 0 Å². The molecule has 24 heavy (non-hydrogen) atoms. The van der Waals surface area contributed by atoms with Crippen molar-refractivity contribution in [2.45, 2.75) is 19.5 Å². The third-order valence-corrected chi connectivity index (χ3v) is 4.67. The molecule has 2 heterocycles. The van der Waals surface area contributed by atoms with Crippen molar-refractivity contribution in [3.05, 3.63) is 59.4 Å². The molecule has 4 nitrogen and oxygen atoms in total. The van der Waals surface area contributed by atoms with Gasteiger partial charge in [0.1, 0.15) is 11.3 Å². The molecule has 1 aliphatic rings. The number of ether oxygens (including phenoxy) is 2. The summed E-state index contributed by atoms with van der Waals surface area (Å²) in [6, 6.07) is 14.5. The van der Waals surface area contributed by atoms with Crippen molar-refractivity contribution in [2.24, 2.45) is 0 Å². The Morgan fingerprint density at radius 2 is 1.79 bits per heavy atom. The maximum atomic E-state index is 6.12. The Labute approximate surface area is 141 Å². The lowest BCUT2D eigenvalue weighted by molar-refractivity contribution is 0.223. The fourth-order valence-corrected chi connectivity index (χ4v) is 3.46. The van der Waals surface area contributed by atoms with E-state index in [-0.39, 0.29) is 0 Å². The van der Waals surface area contributed by atoms with Crippen molar-refractivity contribution in [3.63, 3.8) is 0 Å². The van der Waals surface area contributed by atoms with Gasteiger partial charge >= 0.3 is 0 Å². The third kappa shape index (κ3) is 2.63. The first kappa shape index (κ1) is 15.1. The van der Waals surface area contributed by atoms with E-state index in [9.17, 15) is 0 Å². The van der Waals surface area contributed by atoms with Crippen LogP contribution in [0.25, 0.3) is 11.0 Å². The van der Waals surface area contributed by atoms with Gasteiger partial charge in [0.2, 0.25) is 0 Å². The molecule has 0 saturated carbocycles. The number of hydrogen-bond donors (Lipinski definition) is 0. The molecule has 0 unspecified atom stereocenters. The number of hydrogen-bond acceptors (Lipinski definition) is 4. The van der Waals surface area contributed by atoms with E-state index in [0.717, 1.165) is 48.5 Å². The molecular weight excluding hydrogens is 302 g/mol. The summed E-state index contributed by atoms with van der Waals surface area (Å²) >= 11 is 0. The van der Waals surface area contributed by atoms with Gasteiger partial charge in [0.25, 0.3) is 0 Å². The van der Waals surface area contributed by atoms with Crippen LogP contribution in [-0.2, 0) is 19.5 Å². The van der Waals surface area contributed by atoms with Crippen LogP contribution in [0.15, 0.2) is 46.9 Å². The minimum absolute atomic E-state index is 0.706. The zero-order valence-corrected chi connectivity index (χ0v) is 14.0. The van der Waals surface area contributed by atoms with Gasteiger partial charge in [0.15, 0.2) is 11.5 Å². The second-order valence-corrected chi connectivity index (χ2v) is 6.15. The Morgan fingerprint density at radius 3 is 2.54 bits per heavy atom. The molecule has 0 N–H and O–H groups in total. The standard InChI is InChI=1S/C20H21NO3/c1-22-18-10-16-15-8-9-21(12-14-6-4-3-5-7-14)13-20(15)24-17(16)11-19(18)23-2/h3-7,10-11H,8-9,12-13H2,1-2H3. The number of rotatable bonds is 4. The number of furan rings is 1. The Bertz CT molecular complexity index is 854. The van der Waals surface area contributed by atoms with Crippen LogP contribution in [0.2, 0.25) is 0 Å². The van der Waals surface area contributed by atoms with Crippen LogP contribution in [0, 0.1) is 0 Å². The molecule has 0 radical (unpaired) electrons. The average Bonchev–Trinajstić information content (AvgIpc) is 2.97. The van der Waals surface area contributed by atoms with Crippen LogP contribution in [0.4, 0.5) is 0 Å². The quantitative estimate of drug-likeness (QED) is 0.727. The van der Waals surface area contributed by atoms with Crippen LogP contribution in [0.1, 0.15) is 16.9 Å². The van der Waals surface area contributed by atoms with E-state index >= 15 is 0 Å². The van der Waals surface area contributed by atoms with Crippen LogP contribution in [0.5, 0.6) is 11.5 Å². The van der Waals surface area contributed by atoms with E-state index < -0.39 is 0 Å². The molecule has 0 amide bonds. The van der Waals surface area contributed by atoms with Gasteiger partial charge in [-0.05, 0) is 18.1 Å². The summed E-state index contributed by atoms with van der Waals surface area (Å²) in [4.78, 5) is 2.43. The molecular formula is C20H21NO3. The summed E-state index contributed by atoms with van der Waals surface area (Å²) in [5, 5.41) is 1.14. The topological polar surface area (TPSA) is 34.8 Å². The van der Waals surface area contributed by atoms with Gasteiger partial charge in [-0.3, -0.25) is 4.90 Å². The number of methoxy groups -OCH3 is 2. The van der Waals surface area contributed by atoms with E-state index in [4.69, 9.17) is 13.9 Å². The molecule has 2 aromatic carbocycles. The van der Waals surface area contributed by atoms with Crippen molar-refractivity contribution >= 4 is 11.0 Å². The Balaban J connectivity index is 1.64. The largest absolute Gasteiger partial charge is 0.493 e. The summed E-state index contributed by atoms with van der Waals surface area (Å²) in [6.07, 6.45) is 0.991. The van der Waals surface area contributed by atoms with Gasteiger partial charge in [-0.15, -0.1) is 0 Å². The minimum atomic E-state index is 0.706. The smallest absolute Gasteiger partial charge is 0.164 e. The molecule has 0 aliphatic carbocycles. The summed E-state index contributed by atoms with van der Waals surface area (Å²) in [5.74, 6) is 2.51. The Kier molecular flexibility index (Phi) is 3.90. The van der Waals surface area contributed by atoms with Gasteiger partial charge in [-0.1, -0.05) is 30.3 Å². The van der Waals surface area contributed by atoms with Crippen LogP contribution in [-0.4, -0.2) is 25.7 Å². The molecule has 4 rings (SSSR count). The monoisotopic (exact) mass is 323 g/mol. The van der Waals surface area contributed by atoms with Gasteiger partial charge < -0.3 is 13.9 Å². The highest BCUT2D eigenvalue weighted by Gasteiger charge is 2.24. The molecule has 0 spiro atoms. The fraction of sp³-hybridized carbons (Fsp3) is 0.300. The van der Waals surface area contributed by atoms with Crippen molar-refractivity contribution in [1.82, 2.24) is 4.90 Å². The molecule has 4 heteroatoms. The van der Waals surface area contributed by atoms with E-state index in [1.165, 1.54) is 11.1 Å². The third-order valence-electron chi connectivity index (χ3n) is 4.67. The first-order valence-electron chi connectivity index (χ1n) is 8.21. The van der Waals surface area contributed by atoms with Crippen molar-refractivity contribution in [1.29, 1.82) is 0 Å². The second-order valence-electron chi connectivity index (χ2n) is 6.15. The highest BCUT2D eigenvalue weighted by molar-refractivity contribution is 5.86. The first-order valence-corrected chi connectivity index (χ1v) is 8.21. The van der Waals surface area contributed by atoms with Crippen molar-refractivity contribution < 1.29 is 13.9 Å². The molecule has 1 aliphatic heterocycles. The number of nitrogens with zero attached hydrogens (tertiary/aromatic N) is 1. The van der Waals surface area contributed by atoms with Crippen LogP contribution < -0.4 is 9.47 Å². The molecule has 0 atom stereocenters. The lowest BCUT2D eigenvalue weighted by Crippen LogP contribution is -2.29. The molecule has 0 fully saturated rings. The van der Waals surface area contributed by atoms with Crippen LogP contribution in [0.3, 0.4) is 0 Å². The number of benzene rings is 2. The maximum Gasteiger partial charge on any atom is 0.164 e. The molecule has 0 saturated heterocycles. The molecule has 1 aromatic heterocycles. The lowest BCUT2D eigenvalue weighted by Gasteiger charge is -2.25. The number of fused-ring (bicyclic) bond motifs is 3.